The third kappa shape index (κ3) is 2.37. The third-order valence-electron chi connectivity index (χ3n) is 3.99. The van der Waals surface area contributed by atoms with Gasteiger partial charge in [-0.05, 0) is 19.3 Å². The molecule has 1 atom stereocenters. The van der Waals surface area contributed by atoms with E-state index in [2.05, 4.69) is 0 Å². The lowest BCUT2D eigenvalue weighted by Gasteiger charge is -2.37. The highest BCUT2D eigenvalue weighted by atomic mass is 32.1. The second-order valence-electron chi connectivity index (χ2n) is 4.96. The molecule has 0 aliphatic carbocycles. The van der Waals surface area contributed by atoms with E-state index in [1.54, 1.807) is 7.11 Å². The summed E-state index contributed by atoms with van der Waals surface area (Å²) in [4.78, 5) is 14.8. The van der Waals surface area contributed by atoms with Crippen LogP contribution in [0.3, 0.4) is 0 Å². The van der Waals surface area contributed by atoms with Crippen molar-refractivity contribution in [2.75, 3.05) is 33.4 Å². The summed E-state index contributed by atoms with van der Waals surface area (Å²) in [6.07, 6.45) is 2.20. The first-order valence-electron chi connectivity index (χ1n) is 6.30. The third-order valence-corrected chi connectivity index (χ3v) is 4.38. The monoisotopic (exact) mass is 272 g/mol. The molecule has 0 aromatic heterocycles. The summed E-state index contributed by atoms with van der Waals surface area (Å²) in [5.41, 5.74) is 5.14. The van der Waals surface area contributed by atoms with E-state index in [-0.39, 0.29) is 12.0 Å². The van der Waals surface area contributed by atoms with Crippen LogP contribution in [0.25, 0.3) is 0 Å². The highest BCUT2D eigenvalue weighted by Crippen LogP contribution is 2.34. The molecule has 0 bridgehead atoms. The summed E-state index contributed by atoms with van der Waals surface area (Å²) in [5, 5.41) is 0. The second-order valence-corrected chi connectivity index (χ2v) is 5.40. The highest BCUT2D eigenvalue weighted by Gasteiger charge is 2.46. The zero-order valence-electron chi connectivity index (χ0n) is 10.7. The lowest BCUT2D eigenvalue weighted by atomic mass is 9.78. The average molecular weight is 272 g/mol. The van der Waals surface area contributed by atoms with Crippen molar-refractivity contribution in [1.29, 1.82) is 0 Å². The fraction of sp³-hybridized carbons (Fsp3) is 0.833. The van der Waals surface area contributed by atoms with E-state index in [1.807, 2.05) is 4.90 Å². The minimum absolute atomic E-state index is 0.0536. The van der Waals surface area contributed by atoms with Gasteiger partial charge in [-0.3, -0.25) is 4.79 Å². The van der Waals surface area contributed by atoms with E-state index >= 15 is 0 Å². The summed E-state index contributed by atoms with van der Waals surface area (Å²) in [7, 11) is 1.68. The number of thiocarbonyl (C=S) groups is 1. The molecule has 2 heterocycles. The number of likely N-dealkylation sites (tertiary alicyclic amines) is 1. The Morgan fingerprint density at radius 1 is 1.50 bits per heavy atom. The van der Waals surface area contributed by atoms with Crippen molar-refractivity contribution < 1.29 is 14.3 Å². The maximum Gasteiger partial charge on any atom is 0.235 e. The van der Waals surface area contributed by atoms with E-state index in [1.165, 1.54) is 0 Å². The number of methoxy groups -OCH3 is 1. The van der Waals surface area contributed by atoms with Gasteiger partial charge in [0.1, 0.15) is 5.41 Å². The van der Waals surface area contributed by atoms with Gasteiger partial charge in [-0.1, -0.05) is 12.2 Å². The Kier molecular flexibility index (Phi) is 4.19. The van der Waals surface area contributed by atoms with Gasteiger partial charge in [0.2, 0.25) is 5.91 Å². The van der Waals surface area contributed by atoms with Gasteiger partial charge in [0.15, 0.2) is 0 Å². The predicted octanol–water partition coefficient (Wildman–Crippen LogP) is 0.317. The number of nitrogens with zero attached hydrogens (tertiary/aromatic N) is 1. The Morgan fingerprint density at radius 3 is 2.67 bits per heavy atom. The number of rotatable bonds is 3. The lowest BCUT2D eigenvalue weighted by Crippen LogP contribution is -2.52. The van der Waals surface area contributed by atoms with Crippen LogP contribution in [-0.2, 0) is 14.3 Å². The number of hydrogen-bond acceptors (Lipinski definition) is 4. The van der Waals surface area contributed by atoms with E-state index in [0.29, 0.717) is 37.6 Å². The SMILES string of the molecule is COC1CCN(C(=O)C2(C(N)=S)CCOCC2)C1. The minimum atomic E-state index is -0.698. The van der Waals surface area contributed by atoms with Gasteiger partial charge >= 0.3 is 0 Å². The first kappa shape index (κ1) is 13.7. The Hall–Kier alpha value is -0.720. The fourth-order valence-corrected chi connectivity index (χ4v) is 2.98. The predicted molar refractivity (Wildman–Crippen MR) is 71.3 cm³/mol. The number of carbonyl (C=O) groups is 1. The lowest BCUT2D eigenvalue weighted by molar-refractivity contribution is -0.141. The molecule has 0 spiro atoms. The summed E-state index contributed by atoms with van der Waals surface area (Å²) < 4.78 is 10.6. The van der Waals surface area contributed by atoms with Crippen LogP contribution in [0.1, 0.15) is 19.3 Å². The molecule has 0 radical (unpaired) electrons. The highest BCUT2D eigenvalue weighted by molar-refractivity contribution is 7.80. The molecule has 0 aromatic rings. The van der Waals surface area contributed by atoms with E-state index < -0.39 is 5.41 Å². The van der Waals surface area contributed by atoms with Crippen LogP contribution in [0.2, 0.25) is 0 Å². The van der Waals surface area contributed by atoms with Crippen molar-refractivity contribution in [3.63, 3.8) is 0 Å². The summed E-state index contributed by atoms with van der Waals surface area (Å²) in [6.45, 7) is 2.46. The summed E-state index contributed by atoms with van der Waals surface area (Å²) >= 11 is 5.14. The second kappa shape index (κ2) is 5.50. The van der Waals surface area contributed by atoms with Gasteiger partial charge in [-0.25, -0.2) is 0 Å². The molecule has 6 heteroatoms. The van der Waals surface area contributed by atoms with Crippen LogP contribution in [0.4, 0.5) is 0 Å². The number of ether oxygens (including phenoxy) is 2. The van der Waals surface area contributed by atoms with Crippen LogP contribution in [-0.4, -0.2) is 55.3 Å². The van der Waals surface area contributed by atoms with E-state index in [9.17, 15) is 4.79 Å². The van der Waals surface area contributed by atoms with Crippen molar-refractivity contribution in [2.24, 2.45) is 11.1 Å². The van der Waals surface area contributed by atoms with Gasteiger partial charge < -0.3 is 20.1 Å². The molecule has 102 valence electrons. The minimum Gasteiger partial charge on any atom is -0.392 e. The standard InChI is InChI=1S/C12H20N2O3S/c1-16-9-2-5-14(8-9)11(15)12(10(13)18)3-6-17-7-4-12/h9H,2-8H2,1H3,(H2,13,18). The molecular weight excluding hydrogens is 252 g/mol. The Morgan fingerprint density at radius 2 is 2.17 bits per heavy atom. The zero-order valence-corrected chi connectivity index (χ0v) is 11.5. The molecule has 2 saturated heterocycles. The fourth-order valence-electron chi connectivity index (χ4n) is 2.69. The van der Waals surface area contributed by atoms with Crippen molar-refractivity contribution in [3.05, 3.63) is 0 Å². The Labute approximate surface area is 113 Å². The molecule has 0 saturated carbocycles. The number of nitrogens with two attached hydrogens (primary N) is 1. The number of hydrogen-bond donors (Lipinski definition) is 1. The molecule has 0 aromatic carbocycles. The Bertz CT molecular complexity index is 342. The molecule has 2 aliphatic heterocycles. The number of amides is 1. The quantitative estimate of drug-likeness (QED) is 0.749. The van der Waals surface area contributed by atoms with Crippen LogP contribution < -0.4 is 5.73 Å². The molecule has 2 aliphatic rings. The smallest absolute Gasteiger partial charge is 0.235 e. The molecule has 2 rings (SSSR count). The van der Waals surface area contributed by atoms with Crippen molar-refractivity contribution in [2.45, 2.75) is 25.4 Å². The summed E-state index contributed by atoms with van der Waals surface area (Å²) in [5.74, 6) is 0.0536. The maximum absolute atomic E-state index is 12.7. The van der Waals surface area contributed by atoms with Crippen LogP contribution in [0, 0.1) is 5.41 Å². The van der Waals surface area contributed by atoms with Crippen molar-refractivity contribution >= 4 is 23.1 Å². The zero-order chi connectivity index (χ0) is 13.2. The maximum atomic E-state index is 12.7. The van der Waals surface area contributed by atoms with E-state index in [4.69, 9.17) is 27.4 Å². The van der Waals surface area contributed by atoms with Gasteiger partial charge in [0, 0.05) is 33.4 Å². The largest absolute Gasteiger partial charge is 0.392 e. The molecule has 2 fully saturated rings. The molecule has 1 amide bonds. The molecule has 5 nitrogen and oxygen atoms in total. The van der Waals surface area contributed by atoms with Crippen molar-refractivity contribution in [3.8, 4) is 0 Å². The molecule has 2 N–H and O–H groups in total. The van der Waals surface area contributed by atoms with Crippen molar-refractivity contribution in [1.82, 2.24) is 4.90 Å². The average Bonchev–Trinajstić information content (AvgIpc) is 2.87. The number of carbonyl (C=O) groups excluding carboxylic acids is 1. The Balaban J connectivity index is 2.11. The normalized spacial score (nSPS) is 27.2. The first-order valence-corrected chi connectivity index (χ1v) is 6.71. The topological polar surface area (TPSA) is 64.8 Å². The first-order chi connectivity index (χ1) is 8.60. The molecular formula is C12H20N2O3S. The van der Waals surface area contributed by atoms with Gasteiger partial charge in [0.25, 0.3) is 0 Å². The van der Waals surface area contributed by atoms with Gasteiger partial charge in [-0.15, -0.1) is 0 Å². The molecule has 18 heavy (non-hydrogen) atoms. The summed E-state index contributed by atoms with van der Waals surface area (Å²) in [6, 6.07) is 0. The van der Waals surface area contributed by atoms with Gasteiger partial charge in [-0.2, -0.15) is 0 Å². The van der Waals surface area contributed by atoms with Crippen LogP contribution in [0.5, 0.6) is 0 Å². The van der Waals surface area contributed by atoms with Crippen LogP contribution in [0.15, 0.2) is 0 Å². The van der Waals surface area contributed by atoms with Crippen LogP contribution >= 0.6 is 12.2 Å². The van der Waals surface area contributed by atoms with Gasteiger partial charge in [0.05, 0.1) is 11.1 Å². The van der Waals surface area contributed by atoms with E-state index in [0.717, 1.165) is 13.0 Å². The molecule has 1 unspecified atom stereocenters.